The van der Waals surface area contributed by atoms with Crippen LogP contribution in [0.5, 0.6) is 11.5 Å². The van der Waals surface area contributed by atoms with Gasteiger partial charge in [-0.15, -0.1) is 0 Å². The first-order chi connectivity index (χ1) is 16.5. The molecule has 34 heavy (non-hydrogen) atoms. The maximum Gasteiger partial charge on any atom is 0.243 e. The summed E-state index contributed by atoms with van der Waals surface area (Å²) >= 11 is 6.27. The second-order valence-electron chi connectivity index (χ2n) is 8.47. The van der Waals surface area contributed by atoms with Gasteiger partial charge >= 0.3 is 0 Å². The number of methoxy groups -OCH3 is 1. The molecule has 1 saturated heterocycles. The van der Waals surface area contributed by atoms with Crippen LogP contribution in [-0.2, 0) is 4.79 Å². The monoisotopic (exact) mass is 485 g/mol. The van der Waals surface area contributed by atoms with Gasteiger partial charge in [-0.2, -0.15) is 0 Å². The molecule has 0 aliphatic carbocycles. The molecule has 0 unspecified atom stereocenters. The van der Waals surface area contributed by atoms with Gasteiger partial charge in [0.1, 0.15) is 0 Å². The Morgan fingerprint density at radius 3 is 2.65 bits per heavy atom. The number of carbonyl (C=O) groups is 1. The Kier molecular flexibility index (Phi) is 10.1. The number of amides is 1. The highest BCUT2D eigenvalue weighted by molar-refractivity contribution is 6.32. The van der Waals surface area contributed by atoms with E-state index in [1.807, 2.05) is 13.0 Å². The van der Waals surface area contributed by atoms with Gasteiger partial charge < -0.3 is 19.7 Å². The molecule has 0 spiro atoms. The fourth-order valence-electron chi connectivity index (χ4n) is 4.10. The van der Waals surface area contributed by atoms with Crippen molar-refractivity contribution in [3.05, 3.63) is 58.6 Å². The molecule has 1 fully saturated rings. The number of anilines is 1. The Morgan fingerprint density at radius 2 is 1.94 bits per heavy atom. The topological polar surface area (TPSA) is 54.0 Å². The number of nitrogens with zero attached hydrogens (tertiary/aromatic N) is 2. The number of hydrogen-bond donors (Lipinski definition) is 1. The summed E-state index contributed by atoms with van der Waals surface area (Å²) in [6, 6.07) is 12.3. The standard InChI is InChI=1S/C27H36ClN3O3/c1-4-34-25-20-22(19-24(28)27(25)33-3)10-11-26(32)29-12-5-6-13-30-14-16-31(17-15-30)23-9-7-8-21(2)18-23/h7-11,18-20H,4-6,12-17H2,1-3H3,(H,29,32)/b11-10+. The Hall–Kier alpha value is -2.70. The molecule has 1 aliphatic heterocycles. The predicted molar refractivity (Wildman–Crippen MR) is 140 cm³/mol. The number of halogens is 1. The lowest BCUT2D eigenvalue weighted by molar-refractivity contribution is -0.116. The van der Waals surface area contributed by atoms with Crippen molar-refractivity contribution in [2.75, 3.05) is 57.9 Å². The highest BCUT2D eigenvalue weighted by Crippen LogP contribution is 2.36. The number of carbonyl (C=O) groups excluding carboxylic acids is 1. The summed E-state index contributed by atoms with van der Waals surface area (Å²) in [6.45, 7) is 10.6. The smallest absolute Gasteiger partial charge is 0.243 e. The first kappa shape index (κ1) is 25.9. The predicted octanol–water partition coefficient (Wildman–Crippen LogP) is 4.79. The number of hydrogen-bond acceptors (Lipinski definition) is 5. The van der Waals surface area contributed by atoms with Crippen LogP contribution in [0.3, 0.4) is 0 Å². The molecule has 0 radical (unpaired) electrons. The third-order valence-corrected chi connectivity index (χ3v) is 6.18. The lowest BCUT2D eigenvalue weighted by atomic mass is 10.2. The number of benzene rings is 2. The first-order valence-corrected chi connectivity index (χ1v) is 12.4. The van der Waals surface area contributed by atoms with Crippen molar-refractivity contribution < 1.29 is 14.3 Å². The van der Waals surface area contributed by atoms with Crippen molar-refractivity contribution in [1.29, 1.82) is 0 Å². The Morgan fingerprint density at radius 1 is 1.15 bits per heavy atom. The summed E-state index contributed by atoms with van der Waals surface area (Å²) in [6.07, 6.45) is 5.29. The van der Waals surface area contributed by atoms with Crippen molar-refractivity contribution in [2.45, 2.75) is 26.7 Å². The lowest BCUT2D eigenvalue weighted by Gasteiger charge is -2.36. The molecule has 1 heterocycles. The van der Waals surface area contributed by atoms with E-state index in [2.05, 4.69) is 46.3 Å². The van der Waals surface area contributed by atoms with Gasteiger partial charge in [-0.1, -0.05) is 23.7 Å². The summed E-state index contributed by atoms with van der Waals surface area (Å²) in [5, 5.41) is 3.41. The summed E-state index contributed by atoms with van der Waals surface area (Å²) in [5.74, 6) is 0.954. The van der Waals surface area contributed by atoms with Gasteiger partial charge in [0.25, 0.3) is 0 Å². The van der Waals surface area contributed by atoms with Crippen molar-refractivity contribution >= 4 is 29.3 Å². The Balaban J connectivity index is 1.34. The molecule has 6 nitrogen and oxygen atoms in total. The van der Waals surface area contributed by atoms with E-state index in [1.165, 1.54) is 17.3 Å². The number of unbranched alkanes of at least 4 members (excludes halogenated alkanes) is 1. The maximum atomic E-state index is 12.2. The summed E-state index contributed by atoms with van der Waals surface area (Å²) in [4.78, 5) is 17.2. The molecular weight excluding hydrogens is 450 g/mol. The van der Waals surface area contributed by atoms with Crippen LogP contribution in [0.4, 0.5) is 5.69 Å². The van der Waals surface area contributed by atoms with Crippen LogP contribution < -0.4 is 19.7 Å². The van der Waals surface area contributed by atoms with Crippen molar-refractivity contribution in [1.82, 2.24) is 10.2 Å². The molecule has 3 rings (SSSR count). The van der Waals surface area contributed by atoms with Gasteiger partial charge in [-0.05, 0) is 74.7 Å². The summed E-state index contributed by atoms with van der Waals surface area (Å²) < 4.78 is 10.9. The van der Waals surface area contributed by atoms with Crippen molar-refractivity contribution in [3.63, 3.8) is 0 Å². The quantitative estimate of drug-likeness (QED) is 0.366. The van der Waals surface area contributed by atoms with Gasteiger partial charge in [-0.25, -0.2) is 0 Å². The lowest BCUT2D eigenvalue weighted by Crippen LogP contribution is -2.46. The number of rotatable bonds is 11. The van der Waals surface area contributed by atoms with E-state index in [-0.39, 0.29) is 5.91 Å². The van der Waals surface area contributed by atoms with Crippen LogP contribution in [0, 0.1) is 6.92 Å². The van der Waals surface area contributed by atoms with Gasteiger partial charge in [-0.3, -0.25) is 9.69 Å². The average Bonchev–Trinajstić information content (AvgIpc) is 2.83. The molecule has 7 heteroatoms. The number of ether oxygens (including phenoxy) is 2. The van der Waals surface area contributed by atoms with Crippen LogP contribution >= 0.6 is 11.6 Å². The molecule has 1 amide bonds. The van der Waals surface area contributed by atoms with E-state index < -0.39 is 0 Å². The van der Waals surface area contributed by atoms with Gasteiger partial charge in [0, 0.05) is 44.5 Å². The molecule has 0 bridgehead atoms. The highest BCUT2D eigenvalue weighted by atomic mass is 35.5. The average molecular weight is 486 g/mol. The van der Waals surface area contributed by atoms with E-state index in [0.717, 1.165) is 51.1 Å². The number of nitrogens with one attached hydrogen (secondary N) is 1. The second-order valence-corrected chi connectivity index (χ2v) is 8.87. The van der Waals surface area contributed by atoms with Crippen molar-refractivity contribution in [2.24, 2.45) is 0 Å². The Labute approximate surface area is 208 Å². The van der Waals surface area contributed by atoms with Crippen LogP contribution in [0.25, 0.3) is 6.08 Å². The SMILES string of the molecule is CCOc1cc(/C=C/C(=O)NCCCCN2CCN(c3cccc(C)c3)CC2)cc(Cl)c1OC. The molecule has 2 aromatic rings. The third kappa shape index (κ3) is 7.67. The zero-order valence-electron chi connectivity index (χ0n) is 20.5. The minimum atomic E-state index is -0.114. The largest absolute Gasteiger partial charge is 0.491 e. The summed E-state index contributed by atoms with van der Waals surface area (Å²) in [5.41, 5.74) is 3.41. The molecule has 0 atom stereocenters. The fraction of sp³-hybridized carbons (Fsp3) is 0.444. The normalized spacial score (nSPS) is 14.4. The molecule has 1 aliphatic rings. The van der Waals surface area contributed by atoms with Gasteiger partial charge in [0.05, 0.1) is 18.7 Å². The molecule has 2 aromatic carbocycles. The maximum absolute atomic E-state index is 12.2. The first-order valence-electron chi connectivity index (χ1n) is 12.0. The fourth-order valence-corrected chi connectivity index (χ4v) is 4.40. The molecule has 184 valence electrons. The second kappa shape index (κ2) is 13.3. The minimum Gasteiger partial charge on any atom is -0.491 e. The number of piperazine rings is 1. The van der Waals surface area contributed by atoms with E-state index in [0.29, 0.717) is 29.7 Å². The van der Waals surface area contributed by atoms with Crippen LogP contribution in [0.15, 0.2) is 42.5 Å². The van der Waals surface area contributed by atoms with Gasteiger partial charge in [0.2, 0.25) is 5.91 Å². The van der Waals surface area contributed by atoms with E-state index >= 15 is 0 Å². The summed E-state index contributed by atoms with van der Waals surface area (Å²) in [7, 11) is 1.55. The molecule has 0 aromatic heterocycles. The highest BCUT2D eigenvalue weighted by Gasteiger charge is 2.16. The third-order valence-electron chi connectivity index (χ3n) is 5.90. The van der Waals surface area contributed by atoms with E-state index in [9.17, 15) is 4.79 Å². The minimum absolute atomic E-state index is 0.114. The Bertz CT molecular complexity index is 972. The molecule has 1 N–H and O–H groups in total. The zero-order chi connectivity index (χ0) is 24.3. The molecule has 0 saturated carbocycles. The van der Waals surface area contributed by atoms with E-state index in [4.69, 9.17) is 21.1 Å². The van der Waals surface area contributed by atoms with Crippen molar-refractivity contribution in [3.8, 4) is 11.5 Å². The van der Waals surface area contributed by atoms with Gasteiger partial charge in [0.15, 0.2) is 11.5 Å². The zero-order valence-corrected chi connectivity index (χ0v) is 21.2. The van der Waals surface area contributed by atoms with Crippen LogP contribution in [-0.4, -0.2) is 63.8 Å². The number of aryl methyl sites for hydroxylation is 1. The van der Waals surface area contributed by atoms with Crippen LogP contribution in [0.1, 0.15) is 30.9 Å². The van der Waals surface area contributed by atoms with E-state index in [1.54, 1.807) is 19.3 Å². The molecular formula is C27H36ClN3O3. The van der Waals surface area contributed by atoms with Crippen LogP contribution in [0.2, 0.25) is 5.02 Å².